The maximum atomic E-state index is 12.5. The summed E-state index contributed by atoms with van der Waals surface area (Å²) in [6, 6.07) is 0.129. The molecule has 2 saturated heterocycles. The summed E-state index contributed by atoms with van der Waals surface area (Å²) < 4.78 is 33.6. The molecule has 0 bridgehead atoms. The minimum Gasteiger partial charge on any atom is -0.365 e. The van der Waals surface area contributed by atoms with Crippen LogP contribution >= 0.6 is 0 Å². The van der Waals surface area contributed by atoms with E-state index in [1.54, 1.807) is 8.61 Å². The Balaban J connectivity index is 1.87. The Hall–Kier alpha value is -0.650. The lowest BCUT2D eigenvalue weighted by Crippen LogP contribution is -2.51. The van der Waals surface area contributed by atoms with E-state index in [1.165, 1.54) is 0 Å². The lowest BCUT2D eigenvalue weighted by Gasteiger charge is -2.37. The van der Waals surface area contributed by atoms with Gasteiger partial charge in [0.15, 0.2) is 0 Å². The molecule has 0 unspecified atom stereocenters. The molecule has 2 N–H and O–H groups in total. The molecule has 2 fully saturated rings. The molecule has 114 valence electrons. The normalized spacial score (nSPS) is 24.6. The minimum atomic E-state index is -3.34. The van der Waals surface area contributed by atoms with Crippen molar-refractivity contribution in [2.75, 3.05) is 32.8 Å². The molecule has 2 heterocycles. The van der Waals surface area contributed by atoms with E-state index in [2.05, 4.69) is 5.92 Å². The van der Waals surface area contributed by atoms with Crippen LogP contribution in [0.3, 0.4) is 0 Å². The topological polar surface area (TPSA) is 75.9 Å². The molecule has 0 saturated carbocycles. The van der Waals surface area contributed by atoms with Gasteiger partial charge in [0, 0.05) is 32.2 Å². The second-order valence-electron chi connectivity index (χ2n) is 5.36. The second kappa shape index (κ2) is 6.87. The quantitative estimate of drug-likeness (QED) is 0.728. The van der Waals surface area contributed by atoms with Gasteiger partial charge in [0.25, 0.3) is 10.2 Å². The highest BCUT2D eigenvalue weighted by molar-refractivity contribution is 7.86. The molecular formula is C13H23N3O3S. The number of nitrogens with zero attached hydrogens (tertiary/aromatic N) is 2. The lowest BCUT2D eigenvalue weighted by molar-refractivity contribution is 0.0397. The van der Waals surface area contributed by atoms with Crippen molar-refractivity contribution < 1.29 is 13.2 Å². The van der Waals surface area contributed by atoms with Gasteiger partial charge in [0.2, 0.25) is 0 Å². The highest BCUT2D eigenvalue weighted by Gasteiger charge is 2.34. The van der Waals surface area contributed by atoms with Crippen molar-refractivity contribution in [3.05, 3.63) is 0 Å². The zero-order chi connectivity index (χ0) is 14.6. The van der Waals surface area contributed by atoms with E-state index in [4.69, 9.17) is 16.9 Å². The van der Waals surface area contributed by atoms with Gasteiger partial charge in [-0.2, -0.15) is 17.0 Å². The third kappa shape index (κ3) is 3.71. The van der Waals surface area contributed by atoms with Crippen LogP contribution in [-0.4, -0.2) is 62.0 Å². The number of ether oxygens (including phenoxy) is 1. The van der Waals surface area contributed by atoms with Crippen LogP contribution in [0.15, 0.2) is 0 Å². The maximum Gasteiger partial charge on any atom is 0.281 e. The zero-order valence-corrected chi connectivity index (χ0v) is 12.5. The van der Waals surface area contributed by atoms with Crippen LogP contribution < -0.4 is 5.73 Å². The van der Waals surface area contributed by atoms with Crippen molar-refractivity contribution in [1.82, 2.24) is 8.61 Å². The van der Waals surface area contributed by atoms with E-state index in [-0.39, 0.29) is 12.1 Å². The number of nitrogens with two attached hydrogens (primary N) is 1. The summed E-state index contributed by atoms with van der Waals surface area (Å²) in [5.74, 6) is 2.44. The fourth-order valence-corrected chi connectivity index (χ4v) is 4.34. The Labute approximate surface area is 121 Å². The van der Waals surface area contributed by atoms with E-state index < -0.39 is 10.2 Å². The molecule has 7 heteroatoms. The molecule has 0 aromatic rings. The first kappa shape index (κ1) is 15.7. The molecule has 0 aromatic carbocycles. The van der Waals surface area contributed by atoms with E-state index in [0.29, 0.717) is 45.6 Å². The number of terminal acetylenes is 1. The van der Waals surface area contributed by atoms with Crippen LogP contribution in [0.25, 0.3) is 0 Å². The van der Waals surface area contributed by atoms with Crippen molar-refractivity contribution in [1.29, 1.82) is 0 Å². The van der Waals surface area contributed by atoms with Crippen LogP contribution in [0.4, 0.5) is 0 Å². The van der Waals surface area contributed by atoms with E-state index in [0.717, 1.165) is 12.8 Å². The Kier molecular flexibility index (Phi) is 5.41. The summed E-state index contributed by atoms with van der Waals surface area (Å²) in [5.41, 5.74) is 5.82. The number of hydrogen-bond acceptors (Lipinski definition) is 4. The van der Waals surface area contributed by atoms with Crippen molar-refractivity contribution in [3.8, 4) is 12.3 Å². The van der Waals surface area contributed by atoms with Gasteiger partial charge in [0.05, 0.1) is 6.10 Å². The Morgan fingerprint density at radius 1 is 1.10 bits per heavy atom. The number of rotatable bonds is 4. The van der Waals surface area contributed by atoms with Gasteiger partial charge in [-0.1, -0.05) is 5.92 Å². The van der Waals surface area contributed by atoms with Crippen molar-refractivity contribution in [3.63, 3.8) is 0 Å². The summed E-state index contributed by atoms with van der Waals surface area (Å²) >= 11 is 0. The van der Waals surface area contributed by atoms with Crippen molar-refractivity contribution in [2.45, 2.75) is 37.8 Å². The summed E-state index contributed by atoms with van der Waals surface area (Å²) in [5, 5.41) is 0. The third-order valence-corrected chi connectivity index (χ3v) is 5.99. The summed E-state index contributed by atoms with van der Waals surface area (Å²) in [4.78, 5) is 0. The van der Waals surface area contributed by atoms with Crippen LogP contribution in [0.5, 0.6) is 0 Å². The first-order valence-corrected chi connectivity index (χ1v) is 8.49. The number of hydrogen-bond donors (Lipinski definition) is 1. The van der Waals surface area contributed by atoms with E-state index >= 15 is 0 Å². The summed E-state index contributed by atoms with van der Waals surface area (Å²) in [6.45, 7) is 2.34. The standard InChI is InChI=1S/C13H23N3O3S/c1-2-11-19-13-5-9-16(10-6-13)20(17,18)15-7-3-12(14)4-8-15/h1,12-13H,3-11,14H2. The monoisotopic (exact) mass is 301 g/mol. The van der Waals surface area contributed by atoms with Crippen LogP contribution in [-0.2, 0) is 14.9 Å². The molecule has 0 spiro atoms. The molecular weight excluding hydrogens is 278 g/mol. The van der Waals surface area contributed by atoms with E-state index in [1.807, 2.05) is 0 Å². The first-order chi connectivity index (χ1) is 9.54. The fourth-order valence-electron chi connectivity index (χ4n) is 2.67. The predicted molar refractivity (Wildman–Crippen MR) is 77.1 cm³/mol. The van der Waals surface area contributed by atoms with Gasteiger partial charge in [-0.15, -0.1) is 6.42 Å². The fraction of sp³-hybridized carbons (Fsp3) is 0.846. The molecule has 2 aliphatic heterocycles. The van der Waals surface area contributed by atoms with E-state index in [9.17, 15) is 8.42 Å². The van der Waals surface area contributed by atoms with Gasteiger partial charge in [0.1, 0.15) is 6.61 Å². The Morgan fingerprint density at radius 2 is 1.60 bits per heavy atom. The predicted octanol–water partition coefficient (Wildman–Crippen LogP) is -0.231. The average Bonchev–Trinajstić information content (AvgIpc) is 2.46. The third-order valence-electron chi connectivity index (χ3n) is 3.95. The molecule has 6 nitrogen and oxygen atoms in total. The van der Waals surface area contributed by atoms with Gasteiger partial charge < -0.3 is 10.5 Å². The van der Waals surface area contributed by atoms with Crippen molar-refractivity contribution in [2.24, 2.45) is 5.73 Å². The molecule has 2 aliphatic rings. The Bertz CT molecular complexity index is 444. The summed E-state index contributed by atoms with van der Waals surface area (Å²) in [7, 11) is -3.34. The Morgan fingerprint density at radius 3 is 2.10 bits per heavy atom. The molecule has 0 radical (unpaired) electrons. The molecule has 20 heavy (non-hydrogen) atoms. The largest absolute Gasteiger partial charge is 0.365 e. The summed E-state index contributed by atoms with van der Waals surface area (Å²) in [6.07, 6.45) is 8.11. The van der Waals surface area contributed by atoms with Crippen LogP contribution in [0, 0.1) is 12.3 Å². The smallest absolute Gasteiger partial charge is 0.281 e. The second-order valence-corrected chi connectivity index (χ2v) is 7.29. The van der Waals surface area contributed by atoms with Gasteiger partial charge in [-0.3, -0.25) is 0 Å². The highest BCUT2D eigenvalue weighted by Crippen LogP contribution is 2.21. The molecule has 0 aromatic heterocycles. The van der Waals surface area contributed by atoms with Crippen molar-refractivity contribution >= 4 is 10.2 Å². The number of piperidine rings is 2. The van der Waals surface area contributed by atoms with Gasteiger partial charge >= 0.3 is 0 Å². The van der Waals surface area contributed by atoms with Crippen LogP contribution in [0.1, 0.15) is 25.7 Å². The minimum absolute atomic E-state index is 0.0762. The maximum absolute atomic E-state index is 12.5. The molecule has 2 rings (SSSR count). The highest BCUT2D eigenvalue weighted by atomic mass is 32.2. The average molecular weight is 301 g/mol. The lowest BCUT2D eigenvalue weighted by atomic mass is 10.1. The zero-order valence-electron chi connectivity index (χ0n) is 11.7. The molecule has 0 aliphatic carbocycles. The van der Waals surface area contributed by atoms with Gasteiger partial charge in [-0.25, -0.2) is 0 Å². The first-order valence-electron chi connectivity index (χ1n) is 7.10. The molecule has 0 amide bonds. The van der Waals surface area contributed by atoms with Crippen LogP contribution in [0.2, 0.25) is 0 Å². The van der Waals surface area contributed by atoms with Gasteiger partial charge in [-0.05, 0) is 25.7 Å². The SMILES string of the molecule is C#CCOC1CCN(S(=O)(=O)N2CCC(N)CC2)CC1. The molecule has 0 atom stereocenters.